The standard InChI is InChI=1S/C12H10BrN3O/c1-7-10(6-14)11(16-12(17)15-7)8-3-2-4-9(13)5-8/h2-5,10-11H,1H3,(H,16,17). The molecule has 2 amide bonds. The van der Waals surface area contributed by atoms with Gasteiger partial charge in [0.25, 0.3) is 0 Å². The lowest BCUT2D eigenvalue weighted by Gasteiger charge is -2.26. The molecule has 4 nitrogen and oxygen atoms in total. The topological polar surface area (TPSA) is 65.2 Å². The molecule has 0 bridgehead atoms. The van der Waals surface area contributed by atoms with Crippen molar-refractivity contribution in [2.75, 3.05) is 0 Å². The molecule has 1 heterocycles. The van der Waals surface area contributed by atoms with E-state index < -0.39 is 5.92 Å². The van der Waals surface area contributed by atoms with Gasteiger partial charge in [-0.2, -0.15) is 5.26 Å². The minimum Gasteiger partial charge on any atom is -0.328 e. The zero-order chi connectivity index (χ0) is 12.4. The summed E-state index contributed by atoms with van der Waals surface area (Å²) in [6.07, 6.45) is 0. The van der Waals surface area contributed by atoms with Crippen molar-refractivity contribution in [3.05, 3.63) is 34.3 Å². The van der Waals surface area contributed by atoms with Crippen LogP contribution < -0.4 is 5.32 Å². The second-order valence-electron chi connectivity index (χ2n) is 3.84. The van der Waals surface area contributed by atoms with Crippen molar-refractivity contribution in [1.82, 2.24) is 5.32 Å². The molecule has 0 radical (unpaired) electrons. The number of carbonyl (C=O) groups is 1. The number of urea groups is 1. The van der Waals surface area contributed by atoms with Crippen LogP contribution in [0.15, 0.2) is 33.7 Å². The first-order chi connectivity index (χ1) is 8.11. The highest BCUT2D eigenvalue weighted by Gasteiger charge is 2.31. The van der Waals surface area contributed by atoms with E-state index in [1.54, 1.807) is 6.92 Å². The average molecular weight is 292 g/mol. The summed E-state index contributed by atoms with van der Waals surface area (Å²) in [5.41, 5.74) is 1.45. The number of hydrogen-bond donors (Lipinski definition) is 1. The van der Waals surface area contributed by atoms with Crippen LogP contribution in [-0.2, 0) is 0 Å². The van der Waals surface area contributed by atoms with Crippen LogP contribution in [-0.4, -0.2) is 11.7 Å². The van der Waals surface area contributed by atoms with Crippen LogP contribution in [0.5, 0.6) is 0 Å². The third kappa shape index (κ3) is 2.37. The predicted octanol–water partition coefficient (Wildman–Crippen LogP) is 2.81. The fourth-order valence-corrected chi connectivity index (χ4v) is 2.28. The SMILES string of the molecule is CC1=NC(=O)NC(c2cccc(Br)c2)C1C#N. The third-order valence-electron chi connectivity index (χ3n) is 2.69. The molecule has 0 aromatic heterocycles. The second-order valence-corrected chi connectivity index (χ2v) is 4.76. The molecule has 2 rings (SSSR count). The van der Waals surface area contributed by atoms with Crippen LogP contribution in [0.2, 0.25) is 0 Å². The molecule has 5 heteroatoms. The zero-order valence-electron chi connectivity index (χ0n) is 9.14. The Hall–Kier alpha value is -1.67. The fourth-order valence-electron chi connectivity index (χ4n) is 1.86. The van der Waals surface area contributed by atoms with Gasteiger partial charge in [-0.25, -0.2) is 9.79 Å². The third-order valence-corrected chi connectivity index (χ3v) is 3.18. The number of hydrogen-bond acceptors (Lipinski definition) is 2. The summed E-state index contributed by atoms with van der Waals surface area (Å²) in [5.74, 6) is -0.415. The molecule has 1 N–H and O–H groups in total. The summed E-state index contributed by atoms with van der Waals surface area (Å²) < 4.78 is 0.918. The van der Waals surface area contributed by atoms with Crippen LogP contribution in [0, 0.1) is 17.2 Å². The smallest absolute Gasteiger partial charge is 0.328 e. The second kappa shape index (κ2) is 4.68. The Morgan fingerprint density at radius 3 is 2.94 bits per heavy atom. The van der Waals surface area contributed by atoms with Gasteiger partial charge in [0.2, 0.25) is 0 Å². The summed E-state index contributed by atoms with van der Waals surface area (Å²) >= 11 is 3.37. The molecule has 17 heavy (non-hydrogen) atoms. The van der Waals surface area contributed by atoms with Crippen molar-refractivity contribution in [3.8, 4) is 6.07 Å². The predicted molar refractivity (Wildman–Crippen MR) is 67.6 cm³/mol. The molecular formula is C12H10BrN3O. The zero-order valence-corrected chi connectivity index (χ0v) is 10.7. The van der Waals surface area contributed by atoms with Crippen LogP contribution in [0.1, 0.15) is 18.5 Å². The first kappa shape index (κ1) is 11.8. The maximum absolute atomic E-state index is 11.4. The number of halogens is 1. The molecule has 2 unspecified atom stereocenters. The molecule has 1 aliphatic rings. The van der Waals surface area contributed by atoms with Gasteiger partial charge in [-0.05, 0) is 24.6 Å². The van der Waals surface area contributed by atoms with Crippen LogP contribution in [0.4, 0.5) is 4.79 Å². The quantitative estimate of drug-likeness (QED) is 0.865. The number of nitrogens with one attached hydrogen (secondary N) is 1. The van der Waals surface area contributed by atoms with Gasteiger partial charge in [-0.1, -0.05) is 28.1 Å². The molecule has 1 aromatic carbocycles. The van der Waals surface area contributed by atoms with Crippen molar-refractivity contribution in [3.63, 3.8) is 0 Å². The minimum atomic E-state index is -0.415. The van der Waals surface area contributed by atoms with Crippen molar-refractivity contribution in [2.24, 2.45) is 10.9 Å². The highest BCUT2D eigenvalue weighted by atomic mass is 79.9. The van der Waals surface area contributed by atoms with Crippen molar-refractivity contribution < 1.29 is 4.79 Å². The lowest BCUT2D eigenvalue weighted by molar-refractivity contribution is 0.242. The van der Waals surface area contributed by atoms with E-state index in [0.29, 0.717) is 5.71 Å². The van der Waals surface area contributed by atoms with Crippen LogP contribution in [0.3, 0.4) is 0 Å². The largest absolute Gasteiger partial charge is 0.341 e. The van der Waals surface area contributed by atoms with Gasteiger partial charge in [-0.3, -0.25) is 0 Å². The van der Waals surface area contributed by atoms with Gasteiger partial charge in [0, 0.05) is 10.2 Å². The number of nitriles is 1. The molecule has 1 aliphatic heterocycles. The van der Waals surface area contributed by atoms with E-state index >= 15 is 0 Å². The maximum atomic E-state index is 11.4. The number of rotatable bonds is 1. The molecule has 0 fully saturated rings. The Labute approximate surface area is 107 Å². The summed E-state index contributed by atoms with van der Waals surface area (Å²) in [6.45, 7) is 1.71. The van der Waals surface area contributed by atoms with E-state index in [0.717, 1.165) is 10.0 Å². The minimum absolute atomic E-state index is 0.331. The molecule has 0 aliphatic carbocycles. The van der Waals surface area contributed by atoms with E-state index in [9.17, 15) is 4.79 Å². The Morgan fingerprint density at radius 1 is 1.53 bits per heavy atom. The lowest BCUT2D eigenvalue weighted by Crippen LogP contribution is -2.39. The summed E-state index contributed by atoms with van der Waals surface area (Å²) in [4.78, 5) is 15.1. The van der Waals surface area contributed by atoms with E-state index in [-0.39, 0.29) is 12.1 Å². The Bertz CT molecular complexity index is 533. The fraction of sp³-hybridized carbons (Fsp3) is 0.250. The van der Waals surface area contributed by atoms with Crippen molar-refractivity contribution in [1.29, 1.82) is 5.26 Å². The maximum Gasteiger partial charge on any atom is 0.341 e. The molecule has 86 valence electrons. The Kier molecular flexibility index (Phi) is 3.25. The lowest BCUT2D eigenvalue weighted by atomic mass is 9.89. The van der Waals surface area contributed by atoms with Gasteiger partial charge in [0.1, 0.15) is 5.92 Å². The van der Waals surface area contributed by atoms with Gasteiger partial charge < -0.3 is 5.32 Å². The summed E-state index contributed by atoms with van der Waals surface area (Å²) in [6, 6.07) is 9.02. The van der Waals surface area contributed by atoms with E-state index in [2.05, 4.69) is 32.3 Å². The van der Waals surface area contributed by atoms with Gasteiger partial charge in [-0.15, -0.1) is 0 Å². The number of amides is 2. The molecule has 0 saturated heterocycles. The molecule has 2 atom stereocenters. The average Bonchev–Trinajstić information content (AvgIpc) is 2.28. The van der Waals surface area contributed by atoms with Crippen molar-refractivity contribution in [2.45, 2.75) is 13.0 Å². The first-order valence-corrected chi connectivity index (χ1v) is 5.92. The molecular weight excluding hydrogens is 282 g/mol. The van der Waals surface area contributed by atoms with Crippen LogP contribution >= 0.6 is 15.9 Å². The Morgan fingerprint density at radius 2 is 2.29 bits per heavy atom. The van der Waals surface area contributed by atoms with E-state index in [1.165, 1.54) is 0 Å². The number of aliphatic imine (C=N–C) groups is 1. The van der Waals surface area contributed by atoms with Gasteiger partial charge in [0.15, 0.2) is 0 Å². The molecule has 0 spiro atoms. The Balaban J connectivity index is 2.41. The van der Waals surface area contributed by atoms with Gasteiger partial charge >= 0.3 is 6.03 Å². The number of nitrogens with zero attached hydrogens (tertiary/aromatic N) is 2. The normalized spacial score (nSPS) is 23.6. The van der Waals surface area contributed by atoms with Gasteiger partial charge in [0.05, 0.1) is 12.1 Å². The number of carbonyl (C=O) groups excluding carboxylic acids is 1. The highest BCUT2D eigenvalue weighted by Crippen LogP contribution is 2.27. The molecule has 0 saturated carbocycles. The van der Waals surface area contributed by atoms with Crippen LogP contribution in [0.25, 0.3) is 0 Å². The number of benzene rings is 1. The summed E-state index contributed by atoms with van der Waals surface area (Å²) in [7, 11) is 0. The molecule has 1 aromatic rings. The van der Waals surface area contributed by atoms with E-state index in [1.807, 2.05) is 24.3 Å². The monoisotopic (exact) mass is 291 g/mol. The first-order valence-electron chi connectivity index (χ1n) is 5.12. The highest BCUT2D eigenvalue weighted by molar-refractivity contribution is 9.10. The van der Waals surface area contributed by atoms with Crippen molar-refractivity contribution >= 4 is 27.7 Å². The summed E-state index contributed by atoms with van der Waals surface area (Å²) in [5, 5.41) is 11.9. The van der Waals surface area contributed by atoms with E-state index in [4.69, 9.17) is 5.26 Å².